The van der Waals surface area contributed by atoms with E-state index in [1.807, 2.05) is 25.3 Å². The van der Waals surface area contributed by atoms with Crippen molar-refractivity contribution >= 4 is 22.6 Å². The molecular weight excluding hydrogens is 250 g/mol. The van der Waals surface area contributed by atoms with E-state index in [2.05, 4.69) is 10.3 Å². The summed E-state index contributed by atoms with van der Waals surface area (Å²) >= 11 is 1.54. The van der Waals surface area contributed by atoms with Crippen molar-refractivity contribution in [1.29, 1.82) is 0 Å². The number of nitrogens with zero attached hydrogens (tertiary/aromatic N) is 2. The SMILES string of the molecule is CC=C(CC)N1CC(CNc2nccs2)OC1=O. The third-order valence-electron chi connectivity index (χ3n) is 2.83. The summed E-state index contributed by atoms with van der Waals surface area (Å²) < 4.78 is 5.32. The third-order valence-corrected chi connectivity index (χ3v) is 3.56. The van der Waals surface area contributed by atoms with Crippen molar-refractivity contribution in [3.05, 3.63) is 23.3 Å². The van der Waals surface area contributed by atoms with Gasteiger partial charge in [0.2, 0.25) is 0 Å². The molecule has 1 unspecified atom stereocenters. The number of anilines is 1. The van der Waals surface area contributed by atoms with Gasteiger partial charge in [-0.05, 0) is 13.3 Å². The van der Waals surface area contributed by atoms with E-state index in [-0.39, 0.29) is 12.2 Å². The summed E-state index contributed by atoms with van der Waals surface area (Å²) in [5.41, 5.74) is 1.01. The van der Waals surface area contributed by atoms with Crippen molar-refractivity contribution in [1.82, 2.24) is 9.88 Å². The summed E-state index contributed by atoms with van der Waals surface area (Å²) in [6.07, 6.45) is 4.16. The molecule has 1 aromatic heterocycles. The van der Waals surface area contributed by atoms with Gasteiger partial charge in [-0.2, -0.15) is 0 Å². The Bertz CT molecular complexity index is 431. The van der Waals surface area contributed by atoms with Crippen LogP contribution < -0.4 is 5.32 Å². The zero-order chi connectivity index (χ0) is 13.0. The van der Waals surface area contributed by atoms with Crippen LogP contribution in [0.3, 0.4) is 0 Å². The number of carbonyl (C=O) groups is 1. The predicted octanol–water partition coefficient (Wildman–Crippen LogP) is 2.69. The van der Waals surface area contributed by atoms with E-state index in [4.69, 9.17) is 4.74 Å². The molecule has 2 rings (SSSR count). The summed E-state index contributed by atoms with van der Waals surface area (Å²) in [6.45, 7) is 5.16. The zero-order valence-corrected chi connectivity index (χ0v) is 11.4. The summed E-state index contributed by atoms with van der Waals surface area (Å²) in [4.78, 5) is 17.6. The van der Waals surface area contributed by atoms with Crippen LogP contribution in [0.25, 0.3) is 0 Å². The quantitative estimate of drug-likeness (QED) is 0.891. The molecule has 18 heavy (non-hydrogen) atoms. The smallest absolute Gasteiger partial charge is 0.414 e. The highest BCUT2D eigenvalue weighted by Crippen LogP contribution is 2.20. The molecule has 2 heterocycles. The number of carbonyl (C=O) groups excluding carboxylic acids is 1. The maximum absolute atomic E-state index is 11.7. The molecule has 1 aliphatic rings. The number of cyclic esters (lactones) is 1. The maximum Gasteiger partial charge on any atom is 0.414 e. The van der Waals surface area contributed by atoms with Crippen LogP contribution in [0.2, 0.25) is 0 Å². The number of hydrogen-bond donors (Lipinski definition) is 1. The van der Waals surface area contributed by atoms with Crippen molar-refractivity contribution in [2.24, 2.45) is 0 Å². The summed E-state index contributed by atoms with van der Waals surface area (Å²) in [7, 11) is 0. The highest BCUT2D eigenvalue weighted by molar-refractivity contribution is 7.13. The maximum atomic E-state index is 11.7. The normalized spacial score (nSPS) is 20.1. The van der Waals surface area contributed by atoms with Gasteiger partial charge in [-0.25, -0.2) is 9.78 Å². The second kappa shape index (κ2) is 5.86. The van der Waals surface area contributed by atoms with E-state index in [1.54, 1.807) is 11.1 Å². The molecule has 1 atom stereocenters. The third kappa shape index (κ3) is 2.81. The Morgan fingerprint density at radius 2 is 2.61 bits per heavy atom. The molecule has 1 N–H and O–H groups in total. The van der Waals surface area contributed by atoms with E-state index in [1.165, 1.54) is 11.3 Å². The summed E-state index contributed by atoms with van der Waals surface area (Å²) in [6, 6.07) is 0. The van der Waals surface area contributed by atoms with Gasteiger partial charge in [-0.15, -0.1) is 11.3 Å². The number of hydrogen-bond acceptors (Lipinski definition) is 5. The Balaban J connectivity index is 1.88. The molecule has 0 aromatic carbocycles. The Labute approximate surface area is 110 Å². The van der Waals surface area contributed by atoms with Crippen LogP contribution in [-0.4, -0.2) is 35.2 Å². The number of rotatable bonds is 5. The lowest BCUT2D eigenvalue weighted by Gasteiger charge is -2.15. The Hall–Kier alpha value is -1.56. The van der Waals surface area contributed by atoms with E-state index >= 15 is 0 Å². The number of aromatic nitrogens is 1. The van der Waals surface area contributed by atoms with E-state index in [0.717, 1.165) is 17.2 Å². The van der Waals surface area contributed by atoms with Gasteiger partial charge in [-0.3, -0.25) is 4.90 Å². The molecule has 0 bridgehead atoms. The van der Waals surface area contributed by atoms with Gasteiger partial charge in [0.15, 0.2) is 5.13 Å². The number of ether oxygens (including phenoxy) is 1. The van der Waals surface area contributed by atoms with Crippen LogP contribution in [0.5, 0.6) is 0 Å². The van der Waals surface area contributed by atoms with Gasteiger partial charge in [0.25, 0.3) is 0 Å². The predicted molar refractivity (Wildman–Crippen MR) is 71.6 cm³/mol. The van der Waals surface area contributed by atoms with Crippen LogP contribution in [0.15, 0.2) is 23.3 Å². The van der Waals surface area contributed by atoms with E-state index < -0.39 is 0 Å². The molecule has 0 spiro atoms. The lowest BCUT2D eigenvalue weighted by atomic mass is 10.2. The fourth-order valence-corrected chi connectivity index (χ4v) is 2.46. The molecule has 1 aromatic rings. The van der Waals surface area contributed by atoms with Crippen LogP contribution in [0.4, 0.5) is 9.93 Å². The molecule has 1 amide bonds. The number of amides is 1. The van der Waals surface area contributed by atoms with Crippen LogP contribution in [0.1, 0.15) is 20.3 Å². The van der Waals surface area contributed by atoms with E-state index in [9.17, 15) is 4.79 Å². The van der Waals surface area contributed by atoms with Gasteiger partial charge in [0.05, 0.1) is 13.1 Å². The molecule has 1 fully saturated rings. The largest absolute Gasteiger partial charge is 0.442 e. The molecule has 1 aliphatic heterocycles. The van der Waals surface area contributed by atoms with Gasteiger partial charge in [-0.1, -0.05) is 13.0 Å². The monoisotopic (exact) mass is 267 g/mol. The van der Waals surface area contributed by atoms with Gasteiger partial charge >= 0.3 is 6.09 Å². The molecule has 5 nitrogen and oxygen atoms in total. The van der Waals surface area contributed by atoms with Crippen LogP contribution in [-0.2, 0) is 4.74 Å². The second-order valence-corrected chi connectivity index (χ2v) is 4.86. The Morgan fingerprint density at radius 3 is 3.22 bits per heavy atom. The number of allylic oxidation sites excluding steroid dienone is 2. The minimum Gasteiger partial charge on any atom is -0.442 e. The second-order valence-electron chi connectivity index (χ2n) is 3.97. The average molecular weight is 267 g/mol. The standard InChI is InChI=1S/C12H17N3O2S/c1-3-9(4-2)15-8-10(17-12(15)16)7-14-11-13-5-6-18-11/h3,5-6,10H,4,7-8H2,1-2H3,(H,13,14). The Morgan fingerprint density at radius 1 is 1.78 bits per heavy atom. The highest BCUT2D eigenvalue weighted by atomic mass is 32.1. The minimum atomic E-state index is -0.254. The first kappa shape index (κ1) is 12.9. The number of thiazole rings is 1. The summed E-state index contributed by atoms with van der Waals surface area (Å²) in [5, 5.41) is 5.93. The van der Waals surface area contributed by atoms with Crippen molar-refractivity contribution in [3.8, 4) is 0 Å². The topological polar surface area (TPSA) is 54.5 Å². The first-order valence-corrected chi connectivity index (χ1v) is 6.89. The molecule has 1 saturated heterocycles. The van der Waals surface area contributed by atoms with Gasteiger partial charge < -0.3 is 10.1 Å². The highest BCUT2D eigenvalue weighted by Gasteiger charge is 2.32. The Kier molecular flexibility index (Phi) is 4.19. The average Bonchev–Trinajstić information content (AvgIpc) is 2.99. The molecular formula is C12H17N3O2S. The lowest BCUT2D eigenvalue weighted by Crippen LogP contribution is -2.26. The van der Waals surface area contributed by atoms with Gasteiger partial charge in [0.1, 0.15) is 6.10 Å². The first-order chi connectivity index (χ1) is 8.74. The molecule has 0 saturated carbocycles. The zero-order valence-electron chi connectivity index (χ0n) is 10.5. The molecule has 98 valence electrons. The minimum absolute atomic E-state index is 0.122. The van der Waals surface area contributed by atoms with Gasteiger partial charge in [0, 0.05) is 17.3 Å². The van der Waals surface area contributed by atoms with E-state index in [0.29, 0.717) is 13.1 Å². The van der Waals surface area contributed by atoms with Crippen molar-refractivity contribution in [2.75, 3.05) is 18.4 Å². The molecule has 0 radical (unpaired) electrons. The molecule has 0 aliphatic carbocycles. The lowest BCUT2D eigenvalue weighted by molar-refractivity contribution is 0.139. The fourth-order valence-electron chi connectivity index (χ4n) is 1.93. The first-order valence-electron chi connectivity index (χ1n) is 6.01. The van der Waals surface area contributed by atoms with Crippen LogP contribution in [0, 0.1) is 0 Å². The molecule has 6 heteroatoms. The fraction of sp³-hybridized carbons (Fsp3) is 0.500. The summed E-state index contributed by atoms with van der Waals surface area (Å²) in [5.74, 6) is 0. The van der Waals surface area contributed by atoms with Crippen molar-refractivity contribution < 1.29 is 9.53 Å². The van der Waals surface area contributed by atoms with Crippen molar-refractivity contribution in [3.63, 3.8) is 0 Å². The number of nitrogens with one attached hydrogen (secondary N) is 1. The van der Waals surface area contributed by atoms with Crippen LogP contribution >= 0.6 is 11.3 Å². The van der Waals surface area contributed by atoms with Crippen molar-refractivity contribution in [2.45, 2.75) is 26.4 Å².